The van der Waals surface area contributed by atoms with Crippen molar-refractivity contribution in [2.75, 3.05) is 32.1 Å². The van der Waals surface area contributed by atoms with Crippen molar-refractivity contribution in [3.05, 3.63) is 91.0 Å². The van der Waals surface area contributed by atoms with Crippen molar-refractivity contribution >= 4 is 44.7 Å². The van der Waals surface area contributed by atoms with Crippen molar-refractivity contribution in [3.8, 4) is 0 Å². The van der Waals surface area contributed by atoms with Gasteiger partial charge in [-0.25, -0.2) is 0 Å². The van der Waals surface area contributed by atoms with Crippen LogP contribution in [0.5, 0.6) is 0 Å². The van der Waals surface area contributed by atoms with Crippen LogP contribution in [0.2, 0.25) is 0 Å². The third-order valence-electron chi connectivity index (χ3n) is 8.85. The molecule has 0 aliphatic carbocycles. The van der Waals surface area contributed by atoms with Crippen molar-refractivity contribution in [1.82, 2.24) is 9.34 Å². The molecule has 6 rings (SSSR count). The van der Waals surface area contributed by atoms with E-state index >= 15 is 0 Å². The second kappa shape index (κ2) is 11.9. The van der Waals surface area contributed by atoms with Crippen LogP contribution >= 0.6 is 28.8 Å². The molecule has 0 radical (unpaired) electrons. The van der Waals surface area contributed by atoms with Gasteiger partial charge in [-0.05, 0) is 82.9 Å². The van der Waals surface area contributed by atoms with E-state index in [1.807, 2.05) is 0 Å². The third kappa shape index (κ3) is 5.01. The van der Waals surface area contributed by atoms with E-state index in [2.05, 4.69) is 121 Å². The van der Waals surface area contributed by atoms with Crippen LogP contribution in [-0.4, -0.2) is 46.6 Å². The SMILES string of the molecule is CC(C)(C)[P+](N1CCCCC1)(N1CCCCC1)P1CP1[P+](c1ccccc1)(c1ccccc1)c1ccccc1. The Bertz CT molecular complexity index is 1090. The zero-order valence-electron chi connectivity index (χ0n) is 24.1. The van der Waals surface area contributed by atoms with Crippen LogP contribution in [0.3, 0.4) is 0 Å². The zero-order valence-corrected chi connectivity index (χ0v) is 27.7. The minimum atomic E-state index is -1.77. The number of benzene rings is 3. The molecule has 0 aromatic heterocycles. The van der Waals surface area contributed by atoms with Crippen molar-refractivity contribution in [2.45, 2.75) is 64.5 Å². The van der Waals surface area contributed by atoms with Crippen LogP contribution < -0.4 is 15.9 Å². The highest BCUT2D eigenvalue weighted by Gasteiger charge is 2.80. The van der Waals surface area contributed by atoms with Crippen LogP contribution in [-0.2, 0) is 0 Å². The molecule has 3 aromatic rings. The maximum atomic E-state index is 3.16. The summed E-state index contributed by atoms with van der Waals surface area (Å²) in [5, 5.41) is 5.16. The molecule has 206 valence electrons. The van der Waals surface area contributed by atoms with E-state index in [0.29, 0.717) is 5.16 Å². The second-order valence-corrected chi connectivity index (χ2v) is 32.5. The van der Waals surface area contributed by atoms with Crippen molar-refractivity contribution < 1.29 is 0 Å². The second-order valence-electron chi connectivity index (χ2n) is 12.3. The first kappa shape index (κ1) is 28.4. The number of hydrogen-bond donors (Lipinski definition) is 0. The quantitative estimate of drug-likeness (QED) is 0.252. The van der Waals surface area contributed by atoms with E-state index in [1.54, 1.807) is 15.9 Å². The van der Waals surface area contributed by atoms with Gasteiger partial charge in [0.2, 0.25) is 0 Å². The molecule has 0 amide bonds. The summed E-state index contributed by atoms with van der Waals surface area (Å²) < 4.78 is 6.32. The van der Waals surface area contributed by atoms with E-state index in [-0.39, 0.29) is 14.6 Å². The van der Waals surface area contributed by atoms with Gasteiger partial charge in [0, 0.05) is 26.2 Å². The summed E-state index contributed by atoms with van der Waals surface area (Å²) >= 11 is 0. The largest absolute Gasteiger partial charge is 0.184 e. The lowest BCUT2D eigenvalue weighted by molar-refractivity contribution is 0.296. The highest BCUT2D eigenvalue weighted by molar-refractivity contribution is 8.94. The van der Waals surface area contributed by atoms with Crippen LogP contribution in [0.4, 0.5) is 0 Å². The van der Waals surface area contributed by atoms with Crippen LogP contribution in [0.1, 0.15) is 59.3 Å². The summed E-state index contributed by atoms with van der Waals surface area (Å²) in [6.45, 7) is 11.5. The molecule has 0 saturated carbocycles. The number of piperidine rings is 2. The molecule has 3 aromatic carbocycles. The van der Waals surface area contributed by atoms with Gasteiger partial charge in [-0.1, -0.05) is 67.4 Å². The molecule has 3 saturated heterocycles. The highest BCUT2D eigenvalue weighted by Crippen LogP contribution is 3.21. The molecule has 3 aliphatic rings. The van der Waals surface area contributed by atoms with Gasteiger partial charge in [0.25, 0.3) is 0 Å². The average Bonchev–Trinajstić information content (AvgIpc) is 3.77. The average molecular weight is 595 g/mol. The first-order valence-electron chi connectivity index (χ1n) is 15.0. The Labute approximate surface area is 240 Å². The van der Waals surface area contributed by atoms with E-state index in [9.17, 15) is 0 Å². The van der Waals surface area contributed by atoms with Gasteiger partial charge < -0.3 is 0 Å². The van der Waals surface area contributed by atoms with Gasteiger partial charge in [0.15, 0.2) is 14.6 Å². The maximum absolute atomic E-state index is 3.16. The first-order chi connectivity index (χ1) is 19.0. The number of nitrogens with zero attached hydrogens (tertiary/aromatic N) is 2. The monoisotopic (exact) mass is 594 g/mol. The minimum Gasteiger partial charge on any atom is -0.161 e. The Morgan fingerprint density at radius 2 is 0.872 bits per heavy atom. The van der Waals surface area contributed by atoms with E-state index in [1.165, 1.54) is 70.6 Å². The normalized spacial score (nSPS) is 23.5. The molecule has 0 bridgehead atoms. The maximum Gasteiger partial charge on any atom is 0.184 e. The van der Waals surface area contributed by atoms with E-state index in [0.717, 1.165) is 0 Å². The lowest BCUT2D eigenvalue weighted by Crippen LogP contribution is -2.46. The summed E-state index contributed by atoms with van der Waals surface area (Å²) in [6, 6.07) is 35.4. The summed E-state index contributed by atoms with van der Waals surface area (Å²) in [4.78, 5) is 0. The third-order valence-corrected chi connectivity index (χ3v) is 42.5. The van der Waals surface area contributed by atoms with Crippen molar-refractivity contribution in [3.63, 3.8) is 0 Å². The van der Waals surface area contributed by atoms with Gasteiger partial charge in [-0.15, -0.1) is 0 Å². The first-order valence-corrected chi connectivity index (χ1v) is 23.7. The number of hydrogen-bond acceptors (Lipinski definition) is 2. The Morgan fingerprint density at radius 3 is 1.21 bits per heavy atom. The molecular formula is C33H46N2P4+2. The predicted molar refractivity (Wildman–Crippen MR) is 181 cm³/mol. The minimum absolute atomic E-state index is 0.0770. The molecule has 39 heavy (non-hydrogen) atoms. The van der Waals surface area contributed by atoms with Gasteiger partial charge in [0.1, 0.15) is 35.3 Å². The molecule has 2 unspecified atom stereocenters. The Morgan fingerprint density at radius 1 is 0.513 bits per heavy atom. The topological polar surface area (TPSA) is 6.48 Å². The molecule has 0 spiro atoms. The molecule has 2 nitrogen and oxygen atoms in total. The van der Waals surface area contributed by atoms with E-state index < -0.39 is 14.2 Å². The number of rotatable bonds is 7. The van der Waals surface area contributed by atoms with Crippen LogP contribution in [0.15, 0.2) is 91.0 Å². The van der Waals surface area contributed by atoms with Crippen molar-refractivity contribution in [2.24, 2.45) is 0 Å². The fourth-order valence-corrected chi connectivity index (χ4v) is 57.2. The predicted octanol–water partition coefficient (Wildman–Crippen LogP) is 9.28. The molecule has 6 heteroatoms. The Hall–Kier alpha value is -0.700. The van der Waals surface area contributed by atoms with Gasteiger partial charge in [0.05, 0.1) is 5.90 Å². The van der Waals surface area contributed by atoms with Crippen LogP contribution in [0.25, 0.3) is 0 Å². The highest BCUT2D eigenvalue weighted by atomic mass is 32.7. The standard InChI is InChI=1S/C33H46N2P4/c1-33(2,3)39(34-25-15-7-16-26-34,35-27-17-8-18-28-35)37-29-36(37)38(30-19-9-4-10-20-30,31-21-11-5-12-22-31)32-23-13-6-14-24-32/h4-6,9-14,19-24H,7-8,15-18,25-29H2,1-3H3/q+2. The molecular weight excluding hydrogens is 548 g/mol. The Kier molecular flexibility index (Phi) is 8.66. The van der Waals surface area contributed by atoms with Crippen LogP contribution in [0, 0.1) is 0 Å². The lowest BCUT2D eigenvalue weighted by Gasteiger charge is -2.51. The van der Waals surface area contributed by atoms with Gasteiger partial charge in [-0.3, -0.25) is 0 Å². The van der Waals surface area contributed by atoms with Gasteiger partial charge >= 0.3 is 0 Å². The van der Waals surface area contributed by atoms with Crippen molar-refractivity contribution in [1.29, 1.82) is 0 Å². The summed E-state index contributed by atoms with van der Waals surface area (Å²) in [7, 11) is -1.74. The van der Waals surface area contributed by atoms with E-state index in [4.69, 9.17) is 0 Å². The fraction of sp³-hybridized carbons (Fsp3) is 0.455. The molecule has 3 heterocycles. The molecule has 3 aliphatic heterocycles. The molecule has 0 N–H and O–H groups in total. The summed E-state index contributed by atoms with van der Waals surface area (Å²) in [5.74, 6) is 1.50. The lowest BCUT2D eigenvalue weighted by atomic mass is 10.2. The van der Waals surface area contributed by atoms with Gasteiger partial charge in [-0.2, -0.15) is 9.34 Å². The molecule has 2 atom stereocenters. The zero-order chi connectivity index (χ0) is 26.9. The summed E-state index contributed by atoms with van der Waals surface area (Å²) in [5.41, 5.74) is 0. The Balaban J connectivity index is 1.57. The molecule has 3 fully saturated rings. The summed E-state index contributed by atoms with van der Waals surface area (Å²) in [6.07, 6.45) is 8.41. The smallest absolute Gasteiger partial charge is 0.161 e. The fourth-order valence-electron chi connectivity index (χ4n) is 7.32.